The van der Waals surface area contributed by atoms with Crippen LogP contribution in [-0.2, 0) is 0 Å². The van der Waals surface area contributed by atoms with Crippen LogP contribution in [0.1, 0.15) is 0 Å². The molecule has 0 atom stereocenters. The van der Waals surface area contributed by atoms with Crippen LogP contribution in [0.15, 0.2) is 30.3 Å². The molecule has 2 rings (SSSR count). The van der Waals surface area contributed by atoms with Crippen LogP contribution in [0.3, 0.4) is 0 Å². The van der Waals surface area contributed by atoms with Crippen molar-refractivity contribution >= 4 is 0 Å². The summed E-state index contributed by atoms with van der Waals surface area (Å²) in [6, 6.07) is 7.94. The van der Waals surface area contributed by atoms with Gasteiger partial charge in [-0.15, -0.1) is 0 Å². The normalized spacial score (nSPS) is 15.8. The van der Waals surface area contributed by atoms with Crippen molar-refractivity contribution in [3.63, 3.8) is 0 Å². The summed E-state index contributed by atoms with van der Waals surface area (Å²) >= 11 is 0. The second-order valence-electron chi connectivity index (χ2n) is 2.80. The van der Waals surface area contributed by atoms with Crippen LogP contribution in [0, 0.1) is 5.82 Å². The standard InChI is InChI=1S/C6H5F.C4H10N2/c7-6-4-2-1-3-5-6;1-2-6-4-3-5-1/h1-5H;5-6H,1-4H2. The lowest BCUT2D eigenvalue weighted by atomic mass is 10.4. The van der Waals surface area contributed by atoms with Gasteiger partial charge in [-0.1, -0.05) is 18.2 Å². The van der Waals surface area contributed by atoms with Crippen molar-refractivity contribution in [2.45, 2.75) is 0 Å². The maximum Gasteiger partial charge on any atom is 0.123 e. The number of benzene rings is 1. The van der Waals surface area contributed by atoms with Gasteiger partial charge in [0, 0.05) is 26.2 Å². The lowest BCUT2D eigenvalue weighted by Gasteiger charge is -2.11. The average Bonchev–Trinajstić information content (AvgIpc) is 2.22. The SMILES string of the molecule is C1CNCCN1.Fc1ccccc1. The molecule has 0 amide bonds. The van der Waals surface area contributed by atoms with Gasteiger partial charge in [0.15, 0.2) is 0 Å². The molecule has 1 aromatic rings. The van der Waals surface area contributed by atoms with E-state index in [4.69, 9.17) is 0 Å². The molecule has 0 aliphatic carbocycles. The Balaban J connectivity index is 0.000000132. The molecule has 0 saturated carbocycles. The quantitative estimate of drug-likeness (QED) is 0.625. The van der Waals surface area contributed by atoms with E-state index >= 15 is 0 Å². The summed E-state index contributed by atoms with van der Waals surface area (Å²) in [6.07, 6.45) is 0. The van der Waals surface area contributed by atoms with Crippen LogP contribution in [0.5, 0.6) is 0 Å². The van der Waals surface area contributed by atoms with Crippen LogP contribution in [-0.4, -0.2) is 26.2 Å². The lowest BCUT2D eigenvalue weighted by molar-refractivity contribution is 0.534. The Morgan fingerprint density at radius 2 is 1.31 bits per heavy atom. The largest absolute Gasteiger partial charge is 0.314 e. The van der Waals surface area contributed by atoms with Crippen molar-refractivity contribution in [3.8, 4) is 0 Å². The molecular formula is C10H15FN2. The smallest absolute Gasteiger partial charge is 0.123 e. The first-order valence-electron chi connectivity index (χ1n) is 4.51. The predicted molar refractivity (Wildman–Crippen MR) is 52.1 cm³/mol. The van der Waals surface area contributed by atoms with Crippen molar-refractivity contribution < 1.29 is 4.39 Å². The zero-order chi connectivity index (χ0) is 9.36. The van der Waals surface area contributed by atoms with Crippen molar-refractivity contribution in [1.29, 1.82) is 0 Å². The van der Waals surface area contributed by atoms with Crippen molar-refractivity contribution in [2.75, 3.05) is 26.2 Å². The average molecular weight is 182 g/mol. The highest BCUT2D eigenvalue weighted by atomic mass is 19.1. The molecule has 1 aromatic carbocycles. The molecule has 0 unspecified atom stereocenters. The monoisotopic (exact) mass is 182 g/mol. The van der Waals surface area contributed by atoms with Gasteiger partial charge in [-0.25, -0.2) is 4.39 Å². The van der Waals surface area contributed by atoms with Gasteiger partial charge in [-0.2, -0.15) is 0 Å². The van der Waals surface area contributed by atoms with Crippen LogP contribution in [0.25, 0.3) is 0 Å². The Kier molecular flexibility index (Phi) is 5.13. The van der Waals surface area contributed by atoms with Gasteiger partial charge < -0.3 is 10.6 Å². The lowest BCUT2D eigenvalue weighted by Crippen LogP contribution is -2.39. The summed E-state index contributed by atoms with van der Waals surface area (Å²) in [5.74, 6) is -0.178. The van der Waals surface area contributed by atoms with Crippen molar-refractivity contribution in [3.05, 3.63) is 36.1 Å². The molecule has 0 spiro atoms. The second-order valence-corrected chi connectivity index (χ2v) is 2.80. The first kappa shape index (κ1) is 10.2. The molecule has 1 aliphatic heterocycles. The molecule has 1 aliphatic rings. The van der Waals surface area contributed by atoms with E-state index in [1.807, 2.05) is 0 Å². The molecule has 1 fully saturated rings. The summed E-state index contributed by atoms with van der Waals surface area (Å²) in [4.78, 5) is 0. The number of hydrogen-bond acceptors (Lipinski definition) is 2. The van der Waals surface area contributed by atoms with E-state index < -0.39 is 0 Å². The van der Waals surface area contributed by atoms with Crippen LogP contribution < -0.4 is 10.6 Å². The first-order valence-corrected chi connectivity index (χ1v) is 4.51. The highest BCUT2D eigenvalue weighted by molar-refractivity contribution is 5.02. The van der Waals surface area contributed by atoms with E-state index in [9.17, 15) is 4.39 Å². The Morgan fingerprint density at radius 1 is 0.846 bits per heavy atom. The maximum absolute atomic E-state index is 11.9. The molecule has 2 nitrogen and oxygen atoms in total. The summed E-state index contributed by atoms with van der Waals surface area (Å²) in [6.45, 7) is 4.56. The zero-order valence-electron chi connectivity index (χ0n) is 7.59. The van der Waals surface area contributed by atoms with Gasteiger partial charge in [0.25, 0.3) is 0 Å². The third kappa shape index (κ3) is 5.33. The molecule has 0 bridgehead atoms. The third-order valence-corrected chi connectivity index (χ3v) is 1.69. The number of rotatable bonds is 0. The Morgan fingerprint density at radius 3 is 1.54 bits per heavy atom. The number of piperazine rings is 1. The van der Waals surface area contributed by atoms with Gasteiger partial charge in [-0.05, 0) is 12.1 Å². The van der Waals surface area contributed by atoms with Crippen molar-refractivity contribution in [1.82, 2.24) is 10.6 Å². The number of nitrogens with one attached hydrogen (secondary N) is 2. The fourth-order valence-electron chi connectivity index (χ4n) is 1.02. The molecule has 2 N–H and O–H groups in total. The number of hydrogen-bond donors (Lipinski definition) is 2. The van der Waals surface area contributed by atoms with E-state index in [0.717, 1.165) is 26.2 Å². The van der Waals surface area contributed by atoms with E-state index in [1.165, 1.54) is 12.1 Å². The van der Waals surface area contributed by atoms with E-state index in [2.05, 4.69) is 10.6 Å². The van der Waals surface area contributed by atoms with Gasteiger partial charge in [-0.3, -0.25) is 0 Å². The molecule has 1 heterocycles. The minimum absolute atomic E-state index is 0.178. The molecule has 0 aromatic heterocycles. The van der Waals surface area contributed by atoms with Gasteiger partial charge in [0.05, 0.1) is 0 Å². The molecule has 13 heavy (non-hydrogen) atoms. The summed E-state index contributed by atoms with van der Waals surface area (Å²) in [5, 5.41) is 6.44. The Bertz CT molecular complexity index is 198. The fraction of sp³-hybridized carbons (Fsp3) is 0.400. The van der Waals surface area contributed by atoms with E-state index in [1.54, 1.807) is 18.2 Å². The maximum atomic E-state index is 11.9. The van der Waals surface area contributed by atoms with Crippen molar-refractivity contribution in [2.24, 2.45) is 0 Å². The van der Waals surface area contributed by atoms with Gasteiger partial charge >= 0.3 is 0 Å². The summed E-state index contributed by atoms with van der Waals surface area (Å²) in [5.41, 5.74) is 0. The molecule has 3 heteroatoms. The van der Waals surface area contributed by atoms with Crippen LogP contribution >= 0.6 is 0 Å². The highest BCUT2D eigenvalue weighted by Crippen LogP contribution is 1.91. The molecule has 1 saturated heterocycles. The number of halogens is 1. The molecule has 72 valence electrons. The van der Waals surface area contributed by atoms with Gasteiger partial charge in [0.2, 0.25) is 0 Å². The first-order chi connectivity index (χ1) is 6.39. The minimum atomic E-state index is -0.178. The fourth-order valence-corrected chi connectivity index (χ4v) is 1.02. The van der Waals surface area contributed by atoms with Gasteiger partial charge in [0.1, 0.15) is 5.82 Å². The zero-order valence-corrected chi connectivity index (χ0v) is 7.59. The minimum Gasteiger partial charge on any atom is -0.314 e. The predicted octanol–water partition coefficient (Wildman–Crippen LogP) is 1.00. The summed E-state index contributed by atoms with van der Waals surface area (Å²) in [7, 11) is 0. The van der Waals surface area contributed by atoms with Crippen LogP contribution in [0.4, 0.5) is 4.39 Å². The Hall–Kier alpha value is -0.930. The third-order valence-electron chi connectivity index (χ3n) is 1.69. The van der Waals surface area contributed by atoms with Crippen LogP contribution in [0.2, 0.25) is 0 Å². The van der Waals surface area contributed by atoms with E-state index in [-0.39, 0.29) is 5.82 Å². The highest BCUT2D eigenvalue weighted by Gasteiger charge is 1.91. The van der Waals surface area contributed by atoms with E-state index in [0.29, 0.717) is 0 Å². The Labute approximate surface area is 78.2 Å². The second kappa shape index (κ2) is 6.57. The molecule has 0 radical (unpaired) electrons. The summed E-state index contributed by atoms with van der Waals surface area (Å²) < 4.78 is 11.9. The topological polar surface area (TPSA) is 24.1 Å². The molecular weight excluding hydrogens is 167 g/mol.